The van der Waals surface area contributed by atoms with Gasteiger partial charge < -0.3 is 9.15 Å². The molecule has 0 spiro atoms. The average molecular weight is 405 g/mol. The van der Waals surface area contributed by atoms with Crippen molar-refractivity contribution in [2.75, 3.05) is 6.61 Å². The number of carbonyl (C=O) groups excluding carboxylic acids is 1. The minimum absolute atomic E-state index is 0.184. The lowest BCUT2D eigenvalue weighted by Crippen LogP contribution is -2.04. The molecule has 1 heterocycles. The monoisotopic (exact) mass is 405 g/mol. The number of oxazole rings is 1. The number of carbonyl (C=O) groups is 1. The smallest absolute Gasteiger partial charge is 0.338 e. The third-order valence-corrected chi connectivity index (χ3v) is 3.77. The Hall–Kier alpha value is -2.15. The highest BCUT2D eigenvalue weighted by Crippen LogP contribution is 2.25. The zero-order valence-corrected chi connectivity index (χ0v) is 13.7. The molecule has 3 aromatic rings. The number of esters is 1. The van der Waals surface area contributed by atoms with Gasteiger partial charge in [0.1, 0.15) is 12.1 Å². The fourth-order valence-electron chi connectivity index (χ4n) is 1.99. The molecule has 0 N–H and O–H groups in total. The van der Waals surface area contributed by atoms with Gasteiger partial charge in [-0.2, -0.15) is 0 Å². The van der Waals surface area contributed by atoms with Crippen molar-refractivity contribution in [3.63, 3.8) is 0 Å². The van der Waals surface area contributed by atoms with Gasteiger partial charge in [-0.05, 0) is 65.1 Å². The molecule has 1 aromatic heterocycles. The fourth-order valence-corrected chi connectivity index (χ4v) is 2.35. The van der Waals surface area contributed by atoms with E-state index in [9.17, 15) is 4.79 Å². The van der Waals surface area contributed by atoms with Crippen molar-refractivity contribution in [3.8, 4) is 11.5 Å². The molecular weight excluding hydrogens is 393 g/mol. The Morgan fingerprint density at radius 2 is 2.05 bits per heavy atom. The van der Waals surface area contributed by atoms with Crippen molar-refractivity contribution < 1.29 is 13.9 Å². The second-order valence-corrected chi connectivity index (χ2v) is 5.84. The first-order valence-electron chi connectivity index (χ1n) is 6.62. The van der Waals surface area contributed by atoms with Crippen LogP contribution in [0.2, 0.25) is 0 Å². The first kappa shape index (κ1) is 14.8. The Kier molecular flexibility index (Phi) is 4.24. The van der Waals surface area contributed by atoms with E-state index in [1.54, 1.807) is 18.2 Å². The second-order valence-electron chi connectivity index (χ2n) is 4.60. The summed E-state index contributed by atoms with van der Waals surface area (Å²) < 4.78 is 11.9. The molecule has 0 atom stereocenters. The molecule has 5 heteroatoms. The summed E-state index contributed by atoms with van der Waals surface area (Å²) in [6.45, 7) is 3.70. The Labute approximate surface area is 140 Å². The molecule has 0 aliphatic rings. The number of aromatic nitrogens is 1. The summed E-state index contributed by atoms with van der Waals surface area (Å²) in [5.74, 6) is 0.128. The summed E-state index contributed by atoms with van der Waals surface area (Å²) in [7, 11) is 0. The van der Waals surface area contributed by atoms with Gasteiger partial charge in [-0.3, -0.25) is 0 Å². The lowest BCUT2D eigenvalue weighted by molar-refractivity contribution is 0.0550. The highest BCUT2D eigenvalue weighted by atomic mass is 127. The van der Waals surface area contributed by atoms with Crippen LogP contribution in [0, 0.1) is 3.57 Å². The van der Waals surface area contributed by atoms with E-state index >= 15 is 0 Å². The molecule has 2 aromatic carbocycles. The molecule has 0 fully saturated rings. The van der Waals surface area contributed by atoms with E-state index < -0.39 is 5.97 Å². The summed E-state index contributed by atoms with van der Waals surface area (Å²) in [6, 6.07) is 12.9. The molecule has 22 heavy (non-hydrogen) atoms. The maximum atomic E-state index is 11.8. The number of nitrogens with zero attached hydrogens (tertiary/aromatic N) is 1. The predicted molar refractivity (Wildman–Crippen MR) is 92.6 cm³/mol. The number of hydrogen-bond donors (Lipinski definition) is 0. The number of hydrogen-bond acceptors (Lipinski definition) is 4. The van der Waals surface area contributed by atoms with Gasteiger partial charge in [-0.1, -0.05) is 12.7 Å². The lowest BCUT2D eigenvalue weighted by Gasteiger charge is -2.00. The predicted octanol–water partition coefficient (Wildman–Crippen LogP) is 4.44. The fraction of sp³-hybridized carbons (Fsp3) is 0.0588. The van der Waals surface area contributed by atoms with Gasteiger partial charge in [-0.25, -0.2) is 9.78 Å². The summed E-state index contributed by atoms with van der Waals surface area (Å²) in [5.41, 5.74) is 2.60. The van der Waals surface area contributed by atoms with Crippen molar-refractivity contribution in [1.82, 2.24) is 4.98 Å². The van der Waals surface area contributed by atoms with Crippen LogP contribution in [0.1, 0.15) is 10.4 Å². The molecule has 3 rings (SSSR count). The molecule has 0 aliphatic carbocycles. The van der Waals surface area contributed by atoms with Crippen LogP contribution in [0.4, 0.5) is 0 Å². The van der Waals surface area contributed by atoms with E-state index in [1.807, 2.05) is 24.3 Å². The summed E-state index contributed by atoms with van der Waals surface area (Å²) in [4.78, 5) is 16.3. The zero-order chi connectivity index (χ0) is 15.5. The van der Waals surface area contributed by atoms with E-state index in [0.717, 1.165) is 9.13 Å². The van der Waals surface area contributed by atoms with Crippen molar-refractivity contribution >= 4 is 39.7 Å². The zero-order valence-electron chi connectivity index (χ0n) is 11.6. The molecule has 110 valence electrons. The standard InChI is InChI=1S/C17H12INO3/c1-2-9-21-17(20)12-5-8-15-14(10-12)19-16(22-15)11-3-6-13(18)7-4-11/h2-8,10H,1,9H2. The van der Waals surface area contributed by atoms with E-state index in [4.69, 9.17) is 9.15 Å². The SMILES string of the molecule is C=CCOC(=O)c1ccc2oc(-c3ccc(I)cc3)nc2c1. The highest BCUT2D eigenvalue weighted by molar-refractivity contribution is 14.1. The Bertz CT molecular complexity index is 837. The minimum atomic E-state index is -0.402. The van der Waals surface area contributed by atoms with Crippen LogP contribution < -0.4 is 0 Å². The van der Waals surface area contributed by atoms with E-state index in [2.05, 4.69) is 34.2 Å². The van der Waals surface area contributed by atoms with Gasteiger partial charge in [0.25, 0.3) is 0 Å². The first-order valence-corrected chi connectivity index (χ1v) is 7.70. The lowest BCUT2D eigenvalue weighted by atomic mass is 10.2. The first-order chi connectivity index (χ1) is 10.7. The van der Waals surface area contributed by atoms with Crippen molar-refractivity contribution in [2.45, 2.75) is 0 Å². The Balaban J connectivity index is 1.94. The van der Waals surface area contributed by atoms with Gasteiger partial charge in [0, 0.05) is 9.13 Å². The van der Waals surface area contributed by atoms with E-state index in [-0.39, 0.29) is 6.61 Å². The second kappa shape index (κ2) is 6.31. The highest BCUT2D eigenvalue weighted by Gasteiger charge is 2.12. The molecule has 0 bridgehead atoms. The van der Waals surface area contributed by atoms with Crippen molar-refractivity contribution in [3.05, 3.63) is 64.3 Å². The molecule has 0 saturated carbocycles. The van der Waals surface area contributed by atoms with Crippen molar-refractivity contribution in [1.29, 1.82) is 0 Å². The number of ether oxygens (including phenoxy) is 1. The maximum absolute atomic E-state index is 11.8. The summed E-state index contributed by atoms with van der Waals surface area (Å²) in [5, 5.41) is 0. The summed E-state index contributed by atoms with van der Waals surface area (Å²) in [6.07, 6.45) is 1.53. The van der Waals surface area contributed by atoms with E-state index in [1.165, 1.54) is 6.08 Å². The van der Waals surface area contributed by atoms with Gasteiger partial charge in [0.2, 0.25) is 5.89 Å². The van der Waals surface area contributed by atoms with Gasteiger partial charge in [-0.15, -0.1) is 0 Å². The minimum Gasteiger partial charge on any atom is -0.458 e. The summed E-state index contributed by atoms with van der Waals surface area (Å²) >= 11 is 2.24. The third kappa shape index (κ3) is 3.04. The molecule has 0 radical (unpaired) electrons. The number of fused-ring (bicyclic) bond motifs is 1. The Morgan fingerprint density at radius 3 is 2.77 bits per heavy atom. The van der Waals surface area contributed by atoms with Crippen LogP contribution in [-0.2, 0) is 4.74 Å². The van der Waals surface area contributed by atoms with Gasteiger partial charge in [0.15, 0.2) is 5.58 Å². The van der Waals surface area contributed by atoms with Crippen LogP contribution in [-0.4, -0.2) is 17.6 Å². The third-order valence-electron chi connectivity index (χ3n) is 3.05. The molecule has 0 unspecified atom stereocenters. The van der Waals surface area contributed by atoms with E-state index in [0.29, 0.717) is 22.6 Å². The average Bonchev–Trinajstić information content (AvgIpc) is 2.96. The van der Waals surface area contributed by atoms with Crippen LogP contribution in [0.3, 0.4) is 0 Å². The molecular formula is C17H12INO3. The van der Waals surface area contributed by atoms with Crippen LogP contribution in [0.25, 0.3) is 22.6 Å². The molecule has 0 saturated heterocycles. The van der Waals surface area contributed by atoms with Gasteiger partial charge >= 0.3 is 5.97 Å². The van der Waals surface area contributed by atoms with Crippen LogP contribution in [0.5, 0.6) is 0 Å². The topological polar surface area (TPSA) is 52.3 Å². The van der Waals surface area contributed by atoms with Gasteiger partial charge in [0.05, 0.1) is 5.56 Å². The van der Waals surface area contributed by atoms with Crippen LogP contribution >= 0.6 is 22.6 Å². The van der Waals surface area contributed by atoms with Crippen LogP contribution in [0.15, 0.2) is 59.5 Å². The maximum Gasteiger partial charge on any atom is 0.338 e. The molecule has 0 amide bonds. The number of benzene rings is 2. The number of rotatable bonds is 4. The molecule has 0 aliphatic heterocycles. The largest absolute Gasteiger partial charge is 0.458 e. The Morgan fingerprint density at radius 1 is 1.27 bits per heavy atom. The molecule has 4 nitrogen and oxygen atoms in total. The normalized spacial score (nSPS) is 10.6. The number of halogens is 1. The van der Waals surface area contributed by atoms with Crippen molar-refractivity contribution in [2.24, 2.45) is 0 Å². The quantitative estimate of drug-likeness (QED) is 0.366.